The second kappa shape index (κ2) is 6.87. The smallest absolute Gasteiger partial charge is 0.142 e. The molecule has 0 aliphatic heterocycles. The molecule has 1 aromatic rings. The second-order valence-electron chi connectivity index (χ2n) is 4.20. The Hall–Kier alpha value is -1.60. The molecule has 0 spiro atoms. The van der Waals surface area contributed by atoms with Crippen LogP contribution < -0.4 is 5.32 Å². The average Bonchev–Trinajstić information content (AvgIpc) is 2.34. The highest BCUT2D eigenvalue weighted by molar-refractivity contribution is 5.46. The fourth-order valence-electron chi connectivity index (χ4n) is 1.44. The molecule has 1 unspecified atom stereocenters. The predicted octanol–water partition coefficient (Wildman–Crippen LogP) is 2.43. The van der Waals surface area contributed by atoms with Crippen molar-refractivity contribution in [3.05, 3.63) is 24.0 Å². The number of hydrogen-bond acceptors (Lipinski definition) is 4. The molecular weight excluding hydrogens is 214 g/mol. The molecule has 0 aliphatic rings. The third-order valence-corrected chi connectivity index (χ3v) is 2.53. The van der Waals surface area contributed by atoms with Gasteiger partial charge in [0.15, 0.2) is 0 Å². The molecule has 0 saturated carbocycles. The third kappa shape index (κ3) is 4.41. The monoisotopic (exact) mass is 233 g/mol. The Balaban J connectivity index is 2.68. The SMILES string of the molecule is CCOCC(Nc1ccnc(C#N)c1)C(C)C. The van der Waals surface area contributed by atoms with Crippen molar-refractivity contribution in [3.8, 4) is 6.07 Å². The van der Waals surface area contributed by atoms with E-state index in [1.54, 1.807) is 12.3 Å². The zero-order chi connectivity index (χ0) is 12.7. The van der Waals surface area contributed by atoms with E-state index in [0.29, 0.717) is 24.8 Å². The van der Waals surface area contributed by atoms with Crippen molar-refractivity contribution in [1.29, 1.82) is 5.26 Å². The molecule has 0 fully saturated rings. The van der Waals surface area contributed by atoms with Gasteiger partial charge in [0.2, 0.25) is 0 Å². The van der Waals surface area contributed by atoms with Gasteiger partial charge in [0.1, 0.15) is 11.8 Å². The topological polar surface area (TPSA) is 57.9 Å². The van der Waals surface area contributed by atoms with Crippen molar-refractivity contribution < 1.29 is 4.74 Å². The van der Waals surface area contributed by atoms with Crippen molar-refractivity contribution in [1.82, 2.24) is 4.98 Å². The van der Waals surface area contributed by atoms with Crippen LogP contribution >= 0.6 is 0 Å². The second-order valence-corrected chi connectivity index (χ2v) is 4.20. The molecule has 0 radical (unpaired) electrons. The molecule has 0 aliphatic carbocycles. The van der Waals surface area contributed by atoms with Crippen LogP contribution in [0.4, 0.5) is 5.69 Å². The highest BCUT2D eigenvalue weighted by Gasteiger charge is 2.13. The van der Waals surface area contributed by atoms with Gasteiger partial charge in [-0.3, -0.25) is 0 Å². The highest BCUT2D eigenvalue weighted by Crippen LogP contribution is 2.13. The summed E-state index contributed by atoms with van der Waals surface area (Å²) in [5.74, 6) is 0.459. The van der Waals surface area contributed by atoms with Crippen LogP contribution in [0.1, 0.15) is 26.5 Å². The van der Waals surface area contributed by atoms with Gasteiger partial charge in [-0.05, 0) is 25.0 Å². The minimum Gasteiger partial charge on any atom is -0.380 e. The summed E-state index contributed by atoms with van der Waals surface area (Å²) < 4.78 is 5.44. The number of rotatable bonds is 6. The van der Waals surface area contributed by atoms with Crippen molar-refractivity contribution >= 4 is 5.69 Å². The van der Waals surface area contributed by atoms with Crippen LogP contribution in [0.5, 0.6) is 0 Å². The van der Waals surface area contributed by atoms with Gasteiger partial charge in [0.05, 0.1) is 12.6 Å². The first-order chi connectivity index (χ1) is 8.17. The van der Waals surface area contributed by atoms with Gasteiger partial charge in [-0.25, -0.2) is 4.98 Å². The van der Waals surface area contributed by atoms with E-state index in [-0.39, 0.29) is 6.04 Å². The van der Waals surface area contributed by atoms with Crippen molar-refractivity contribution in [2.45, 2.75) is 26.8 Å². The fourth-order valence-corrected chi connectivity index (χ4v) is 1.44. The van der Waals surface area contributed by atoms with Crippen molar-refractivity contribution in [3.63, 3.8) is 0 Å². The summed E-state index contributed by atoms with van der Waals surface area (Å²) in [5.41, 5.74) is 1.34. The minimum atomic E-state index is 0.240. The van der Waals surface area contributed by atoms with E-state index >= 15 is 0 Å². The van der Waals surface area contributed by atoms with E-state index in [2.05, 4.69) is 24.1 Å². The van der Waals surface area contributed by atoms with Gasteiger partial charge in [-0.15, -0.1) is 0 Å². The van der Waals surface area contributed by atoms with E-state index in [4.69, 9.17) is 10.00 Å². The van der Waals surface area contributed by atoms with Gasteiger partial charge in [-0.2, -0.15) is 5.26 Å². The largest absolute Gasteiger partial charge is 0.380 e. The molecular formula is C13H19N3O. The number of ether oxygens (including phenoxy) is 1. The maximum atomic E-state index is 8.78. The van der Waals surface area contributed by atoms with Crippen LogP contribution in [0, 0.1) is 17.2 Å². The van der Waals surface area contributed by atoms with Crippen LogP contribution in [-0.2, 0) is 4.74 Å². The summed E-state index contributed by atoms with van der Waals surface area (Å²) >= 11 is 0. The molecule has 4 heteroatoms. The summed E-state index contributed by atoms with van der Waals surface area (Å²) in [6.45, 7) is 7.65. The quantitative estimate of drug-likeness (QED) is 0.819. The lowest BCUT2D eigenvalue weighted by Gasteiger charge is -2.23. The van der Waals surface area contributed by atoms with E-state index < -0.39 is 0 Å². The van der Waals surface area contributed by atoms with E-state index in [0.717, 1.165) is 5.69 Å². The number of anilines is 1. The van der Waals surface area contributed by atoms with Crippen LogP contribution in [0.2, 0.25) is 0 Å². The highest BCUT2D eigenvalue weighted by atomic mass is 16.5. The zero-order valence-corrected chi connectivity index (χ0v) is 10.6. The first kappa shape index (κ1) is 13.5. The molecule has 4 nitrogen and oxygen atoms in total. The Morgan fingerprint density at radius 3 is 2.88 bits per heavy atom. The van der Waals surface area contributed by atoms with Crippen LogP contribution in [0.25, 0.3) is 0 Å². The first-order valence-corrected chi connectivity index (χ1v) is 5.87. The summed E-state index contributed by atoms with van der Waals surface area (Å²) in [6.07, 6.45) is 1.64. The number of pyridine rings is 1. The lowest BCUT2D eigenvalue weighted by Crippen LogP contribution is -2.31. The molecule has 0 saturated heterocycles. The summed E-state index contributed by atoms with van der Waals surface area (Å²) in [5, 5.41) is 12.2. The maximum absolute atomic E-state index is 8.78. The van der Waals surface area contributed by atoms with Gasteiger partial charge in [-0.1, -0.05) is 13.8 Å². The normalized spacial score (nSPS) is 12.2. The molecule has 1 rings (SSSR count). The lowest BCUT2D eigenvalue weighted by molar-refractivity contribution is 0.127. The molecule has 17 heavy (non-hydrogen) atoms. The van der Waals surface area contributed by atoms with Gasteiger partial charge in [0, 0.05) is 18.5 Å². The third-order valence-electron chi connectivity index (χ3n) is 2.53. The molecule has 1 atom stereocenters. The number of hydrogen-bond donors (Lipinski definition) is 1. The summed E-state index contributed by atoms with van der Waals surface area (Å²) in [7, 11) is 0. The maximum Gasteiger partial charge on any atom is 0.142 e. The zero-order valence-electron chi connectivity index (χ0n) is 10.6. The van der Waals surface area contributed by atoms with Crippen molar-refractivity contribution in [2.24, 2.45) is 5.92 Å². The standard InChI is InChI=1S/C13H19N3O/c1-4-17-9-13(10(2)3)16-11-5-6-15-12(7-11)8-14/h5-7,10,13H,4,9H2,1-3H3,(H,15,16). The van der Waals surface area contributed by atoms with Gasteiger partial charge >= 0.3 is 0 Å². The molecule has 92 valence electrons. The van der Waals surface area contributed by atoms with Crippen molar-refractivity contribution in [2.75, 3.05) is 18.5 Å². The van der Waals surface area contributed by atoms with Gasteiger partial charge in [0.25, 0.3) is 0 Å². The van der Waals surface area contributed by atoms with Crippen LogP contribution in [0.15, 0.2) is 18.3 Å². The van der Waals surface area contributed by atoms with Crippen LogP contribution in [0.3, 0.4) is 0 Å². The Morgan fingerprint density at radius 1 is 1.53 bits per heavy atom. The number of aromatic nitrogens is 1. The van der Waals surface area contributed by atoms with E-state index in [1.807, 2.05) is 19.1 Å². The number of nitriles is 1. The molecule has 1 N–H and O–H groups in total. The van der Waals surface area contributed by atoms with Crippen LogP contribution in [-0.4, -0.2) is 24.2 Å². The van der Waals surface area contributed by atoms with E-state index in [9.17, 15) is 0 Å². The van der Waals surface area contributed by atoms with Gasteiger partial charge < -0.3 is 10.1 Å². The molecule has 0 amide bonds. The number of nitrogens with zero attached hydrogens (tertiary/aromatic N) is 2. The fraction of sp³-hybridized carbons (Fsp3) is 0.538. The molecule has 1 heterocycles. The Bertz CT molecular complexity index is 384. The molecule has 0 aromatic carbocycles. The summed E-state index contributed by atoms with van der Waals surface area (Å²) in [6, 6.07) is 5.88. The summed E-state index contributed by atoms with van der Waals surface area (Å²) in [4.78, 5) is 3.94. The first-order valence-electron chi connectivity index (χ1n) is 5.87. The predicted molar refractivity (Wildman–Crippen MR) is 67.7 cm³/mol. The lowest BCUT2D eigenvalue weighted by atomic mass is 10.1. The minimum absolute atomic E-state index is 0.240. The van der Waals surface area contributed by atoms with E-state index in [1.165, 1.54) is 0 Å². The number of nitrogens with one attached hydrogen (secondary N) is 1. The molecule has 0 bridgehead atoms. The Kier molecular flexibility index (Phi) is 5.44. The molecule has 1 aromatic heterocycles. The Morgan fingerprint density at radius 2 is 2.29 bits per heavy atom. The Labute approximate surface area is 103 Å². The average molecular weight is 233 g/mol.